The van der Waals surface area contributed by atoms with E-state index in [-0.39, 0.29) is 11.7 Å². The molecule has 1 amide bonds. The van der Waals surface area contributed by atoms with Crippen molar-refractivity contribution in [1.29, 1.82) is 0 Å². The standard InChI is InChI=1S/C15H16FN3O/c1-17-14-6-7-18-10-13(14)15(20)19-8-5-11-3-2-4-12(16)9-11/h2-4,6-7,9-10H,5,8H2,1H3,(H,17,18)(H,19,20). The number of pyridine rings is 1. The van der Waals surface area contributed by atoms with Crippen molar-refractivity contribution in [2.24, 2.45) is 0 Å². The Kier molecular flexibility index (Phi) is 4.65. The zero-order valence-electron chi connectivity index (χ0n) is 11.2. The Morgan fingerprint density at radius 1 is 1.35 bits per heavy atom. The summed E-state index contributed by atoms with van der Waals surface area (Å²) in [5.74, 6) is -0.461. The van der Waals surface area contributed by atoms with Crippen molar-refractivity contribution in [3.63, 3.8) is 0 Å². The number of anilines is 1. The molecule has 0 aliphatic rings. The molecule has 1 aromatic carbocycles. The molecule has 2 rings (SSSR count). The molecule has 0 saturated heterocycles. The van der Waals surface area contributed by atoms with E-state index in [0.29, 0.717) is 18.5 Å². The van der Waals surface area contributed by atoms with Gasteiger partial charge >= 0.3 is 0 Å². The lowest BCUT2D eigenvalue weighted by atomic mass is 10.1. The minimum absolute atomic E-state index is 0.196. The number of halogens is 1. The van der Waals surface area contributed by atoms with Crippen LogP contribution in [0.1, 0.15) is 15.9 Å². The largest absolute Gasteiger partial charge is 0.387 e. The second-order valence-electron chi connectivity index (χ2n) is 4.31. The van der Waals surface area contributed by atoms with Crippen molar-refractivity contribution < 1.29 is 9.18 Å². The summed E-state index contributed by atoms with van der Waals surface area (Å²) in [6.45, 7) is 0.445. The highest BCUT2D eigenvalue weighted by atomic mass is 19.1. The average molecular weight is 273 g/mol. The Bertz CT molecular complexity index is 601. The molecule has 0 bridgehead atoms. The molecule has 0 radical (unpaired) electrons. The summed E-state index contributed by atoms with van der Waals surface area (Å²) < 4.78 is 13.0. The molecule has 2 aromatic rings. The molecule has 104 valence electrons. The Balaban J connectivity index is 1.92. The molecule has 0 aliphatic heterocycles. The maximum absolute atomic E-state index is 13.0. The van der Waals surface area contributed by atoms with Crippen LogP contribution >= 0.6 is 0 Å². The molecule has 1 heterocycles. The highest BCUT2D eigenvalue weighted by molar-refractivity contribution is 5.99. The van der Waals surface area contributed by atoms with E-state index < -0.39 is 0 Å². The predicted octanol–water partition coefficient (Wildman–Crippen LogP) is 2.23. The number of nitrogens with one attached hydrogen (secondary N) is 2. The van der Waals surface area contributed by atoms with Gasteiger partial charge in [0.05, 0.1) is 5.56 Å². The molecule has 0 spiro atoms. The lowest BCUT2D eigenvalue weighted by molar-refractivity contribution is 0.0954. The molecule has 0 unspecified atom stereocenters. The predicted molar refractivity (Wildman–Crippen MR) is 76.2 cm³/mol. The summed E-state index contributed by atoms with van der Waals surface area (Å²) in [5.41, 5.74) is 2.07. The van der Waals surface area contributed by atoms with Gasteiger partial charge in [0.15, 0.2) is 0 Å². The highest BCUT2D eigenvalue weighted by Crippen LogP contribution is 2.12. The van der Waals surface area contributed by atoms with Crippen molar-refractivity contribution in [3.8, 4) is 0 Å². The molecular formula is C15H16FN3O. The smallest absolute Gasteiger partial charge is 0.254 e. The average Bonchev–Trinajstić information content (AvgIpc) is 2.47. The van der Waals surface area contributed by atoms with Crippen LogP contribution in [-0.2, 0) is 6.42 Å². The summed E-state index contributed by atoms with van der Waals surface area (Å²) in [5, 5.41) is 5.74. The molecule has 0 saturated carbocycles. The van der Waals surface area contributed by atoms with Gasteiger partial charge in [0.1, 0.15) is 5.82 Å². The fraction of sp³-hybridized carbons (Fsp3) is 0.200. The number of hydrogen-bond acceptors (Lipinski definition) is 3. The first-order chi connectivity index (χ1) is 9.70. The molecule has 2 N–H and O–H groups in total. The molecule has 0 aliphatic carbocycles. The van der Waals surface area contributed by atoms with Gasteiger partial charge in [-0.3, -0.25) is 9.78 Å². The second kappa shape index (κ2) is 6.65. The van der Waals surface area contributed by atoms with Crippen LogP contribution in [0.15, 0.2) is 42.7 Å². The van der Waals surface area contributed by atoms with E-state index in [1.165, 1.54) is 18.3 Å². The number of amides is 1. The quantitative estimate of drug-likeness (QED) is 0.878. The van der Waals surface area contributed by atoms with Crippen LogP contribution in [0.3, 0.4) is 0 Å². The number of benzene rings is 1. The Morgan fingerprint density at radius 2 is 2.20 bits per heavy atom. The maximum atomic E-state index is 13.0. The summed E-state index contributed by atoms with van der Waals surface area (Å²) in [4.78, 5) is 16.0. The lowest BCUT2D eigenvalue weighted by Crippen LogP contribution is -2.26. The minimum Gasteiger partial charge on any atom is -0.387 e. The van der Waals surface area contributed by atoms with Crippen LogP contribution in [0.2, 0.25) is 0 Å². The first-order valence-electron chi connectivity index (χ1n) is 6.35. The molecule has 20 heavy (non-hydrogen) atoms. The summed E-state index contributed by atoms with van der Waals surface area (Å²) in [6, 6.07) is 8.10. The van der Waals surface area contributed by atoms with Crippen molar-refractivity contribution in [3.05, 3.63) is 59.7 Å². The molecule has 0 atom stereocenters. The van der Waals surface area contributed by atoms with Gasteiger partial charge in [-0.25, -0.2) is 4.39 Å². The van der Waals surface area contributed by atoms with Gasteiger partial charge in [-0.15, -0.1) is 0 Å². The monoisotopic (exact) mass is 273 g/mol. The zero-order chi connectivity index (χ0) is 14.4. The maximum Gasteiger partial charge on any atom is 0.254 e. The van der Waals surface area contributed by atoms with E-state index in [4.69, 9.17) is 0 Å². The van der Waals surface area contributed by atoms with Crippen LogP contribution in [-0.4, -0.2) is 24.5 Å². The van der Waals surface area contributed by atoms with Crippen molar-refractivity contribution in [2.75, 3.05) is 18.9 Å². The van der Waals surface area contributed by atoms with Crippen LogP contribution < -0.4 is 10.6 Å². The molecule has 5 heteroatoms. The van der Waals surface area contributed by atoms with Crippen molar-refractivity contribution in [1.82, 2.24) is 10.3 Å². The van der Waals surface area contributed by atoms with Crippen molar-refractivity contribution in [2.45, 2.75) is 6.42 Å². The Labute approximate surface area is 117 Å². The first kappa shape index (κ1) is 14.0. The van der Waals surface area contributed by atoms with Gasteiger partial charge in [0.25, 0.3) is 5.91 Å². The highest BCUT2D eigenvalue weighted by Gasteiger charge is 2.09. The molecule has 1 aromatic heterocycles. The number of aromatic nitrogens is 1. The third-order valence-electron chi connectivity index (χ3n) is 2.92. The topological polar surface area (TPSA) is 54.0 Å². The Morgan fingerprint density at radius 3 is 2.95 bits per heavy atom. The number of carbonyl (C=O) groups excluding carboxylic acids is 1. The first-order valence-corrected chi connectivity index (χ1v) is 6.35. The number of carbonyl (C=O) groups is 1. The summed E-state index contributed by atoms with van der Waals surface area (Å²) >= 11 is 0. The van der Waals surface area contributed by atoms with Gasteiger partial charge in [0, 0.05) is 31.7 Å². The van der Waals surface area contributed by atoms with Gasteiger partial charge in [0.2, 0.25) is 0 Å². The molecular weight excluding hydrogens is 257 g/mol. The van der Waals surface area contributed by atoms with Gasteiger partial charge in [-0.05, 0) is 30.2 Å². The number of rotatable bonds is 5. The summed E-state index contributed by atoms with van der Waals surface area (Å²) in [7, 11) is 1.75. The van der Waals surface area contributed by atoms with Crippen LogP contribution in [0, 0.1) is 5.82 Å². The fourth-order valence-electron chi connectivity index (χ4n) is 1.90. The van der Waals surface area contributed by atoms with E-state index in [1.807, 2.05) is 6.07 Å². The van der Waals surface area contributed by atoms with E-state index in [2.05, 4.69) is 15.6 Å². The van der Waals surface area contributed by atoms with Gasteiger partial charge in [-0.2, -0.15) is 0 Å². The number of nitrogens with zero attached hydrogens (tertiary/aromatic N) is 1. The van der Waals surface area contributed by atoms with E-state index >= 15 is 0 Å². The van der Waals surface area contributed by atoms with Gasteiger partial charge in [-0.1, -0.05) is 12.1 Å². The fourth-order valence-corrected chi connectivity index (χ4v) is 1.90. The molecule has 4 nitrogen and oxygen atoms in total. The van der Waals surface area contributed by atoms with E-state index in [9.17, 15) is 9.18 Å². The number of hydrogen-bond donors (Lipinski definition) is 2. The van der Waals surface area contributed by atoms with Crippen LogP contribution in [0.5, 0.6) is 0 Å². The SMILES string of the molecule is CNc1ccncc1C(=O)NCCc1cccc(F)c1. The van der Waals surface area contributed by atoms with E-state index in [0.717, 1.165) is 11.3 Å². The second-order valence-corrected chi connectivity index (χ2v) is 4.31. The third kappa shape index (κ3) is 3.54. The van der Waals surface area contributed by atoms with Crippen LogP contribution in [0.4, 0.5) is 10.1 Å². The normalized spacial score (nSPS) is 10.1. The zero-order valence-corrected chi connectivity index (χ0v) is 11.2. The van der Waals surface area contributed by atoms with Gasteiger partial charge < -0.3 is 10.6 Å². The van der Waals surface area contributed by atoms with Crippen molar-refractivity contribution >= 4 is 11.6 Å². The molecule has 0 fully saturated rings. The van der Waals surface area contributed by atoms with E-state index in [1.54, 1.807) is 25.4 Å². The third-order valence-corrected chi connectivity index (χ3v) is 2.92. The van der Waals surface area contributed by atoms with Crippen LogP contribution in [0.25, 0.3) is 0 Å². The Hall–Kier alpha value is -2.43. The summed E-state index contributed by atoms with van der Waals surface area (Å²) in [6.07, 6.45) is 3.72. The lowest BCUT2D eigenvalue weighted by Gasteiger charge is -2.09. The minimum atomic E-state index is -0.265.